The molecule has 4 atom stereocenters. The lowest BCUT2D eigenvalue weighted by Gasteiger charge is -2.41. The summed E-state index contributed by atoms with van der Waals surface area (Å²) in [7, 11) is 0. The SMILES string of the molecule is NCC1(C(O)c2ccccc2F)CC2CCC1C2. The highest BCUT2D eigenvalue weighted by Crippen LogP contribution is 2.60. The van der Waals surface area contributed by atoms with Gasteiger partial charge in [0.1, 0.15) is 5.82 Å². The van der Waals surface area contributed by atoms with E-state index in [-0.39, 0.29) is 11.2 Å². The van der Waals surface area contributed by atoms with Crippen molar-refractivity contribution in [3.63, 3.8) is 0 Å². The Morgan fingerprint density at radius 1 is 1.39 bits per heavy atom. The standard InChI is InChI=1S/C15H20FNO/c16-13-4-2-1-3-12(13)14(18)15(9-17)8-10-5-6-11(15)7-10/h1-4,10-11,14,18H,5-9,17H2. The lowest BCUT2D eigenvalue weighted by molar-refractivity contribution is -0.0151. The summed E-state index contributed by atoms with van der Waals surface area (Å²) < 4.78 is 13.8. The van der Waals surface area contributed by atoms with Crippen LogP contribution >= 0.6 is 0 Å². The Balaban J connectivity index is 1.96. The van der Waals surface area contributed by atoms with Gasteiger partial charge in [0.2, 0.25) is 0 Å². The second-order valence-electron chi connectivity index (χ2n) is 5.94. The summed E-state index contributed by atoms with van der Waals surface area (Å²) in [5.41, 5.74) is 6.07. The predicted molar refractivity (Wildman–Crippen MR) is 68.3 cm³/mol. The zero-order chi connectivity index (χ0) is 12.8. The third-order valence-electron chi connectivity index (χ3n) is 5.15. The second-order valence-corrected chi connectivity index (χ2v) is 5.94. The zero-order valence-corrected chi connectivity index (χ0v) is 10.5. The van der Waals surface area contributed by atoms with Gasteiger partial charge in [0.25, 0.3) is 0 Å². The first-order valence-corrected chi connectivity index (χ1v) is 6.80. The zero-order valence-electron chi connectivity index (χ0n) is 10.5. The minimum Gasteiger partial charge on any atom is -0.388 e. The number of benzene rings is 1. The van der Waals surface area contributed by atoms with Crippen LogP contribution in [0.25, 0.3) is 0 Å². The quantitative estimate of drug-likeness (QED) is 0.865. The molecule has 4 unspecified atom stereocenters. The molecule has 0 heterocycles. The number of rotatable bonds is 3. The molecule has 2 aliphatic carbocycles. The van der Waals surface area contributed by atoms with E-state index in [0.717, 1.165) is 19.3 Å². The molecule has 2 bridgehead atoms. The van der Waals surface area contributed by atoms with Crippen molar-refractivity contribution < 1.29 is 9.50 Å². The molecule has 2 saturated carbocycles. The predicted octanol–water partition coefficient (Wildman–Crippen LogP) is 2.62. The fraction of sp³-hybridized carbons (Fsp3) is 0.600. The summed E-state index contributed by atoms with van der Waals surface area (Å²) in [4.78, 5) is 0. The van der Waals surface area contributed by atoms with E-state index < -0.39 is 6.10 Å². The molecule has 1 aromatic rings. The van der Waals surface area contributed by atoms with Gasteiger partial charge in [0.05, 0.1) is 6.10 Å². The van der Waals surface area contributed by atoms with Gasteiger partial charge < -0.3 is 10.8 Å². The maximum absolute atomic E-state index is 13.8. The van der Waals surface area contributed by atoms with E-state index in [1.807, 2.05) is 0 Å². The molecular formula is C15H20FNO. The van der Waals surface area contributed by atoms with Crippen molar-refractivity contribution >= 4 is 0 Å². The summed E-state index contributed by atoms with van der Waals surface area (Å²) in [5, 5.41) is 10.7. The molecule has 1 aromatic carbocycles. The average molecular weight is 249 g/mol. The van der Waals surface area contributed by atoms with Crippen LogP contribution in [0, 0.1) is 23.1 Å². The Labute approximate surface area is 107 Å². The minimum atomic E-state index is -0.765. The number of aliphatic hydroxyl groups excluding tert-OH is 1. The molecule has 0 saturated heterocycles. The normalized spacial score (nSPS) is 35.9. The average Bonchev–Trinajstić information content (AvgIpc) is 2.99. The van der Waals surface area contributed by atoms with Crippen molar-refractivity contribution in [2.75, 3.05) is 6.54 Å². The van der Waals surface area contributed by atoms with E-state index in [4.69, 9.17) is 5.73 Å². The molecule has 0 radical (unpaired) electrons. The highest BCUT2D eigenvalue weighted by molar-refractivity contribution is 5.24. The number of halogens is 1. The first-order valence-electron chi connectivity index (χ1n) is 6.80. The van der Waals surface area contributed by atoms with Crippen molar-refractivity contribution in [1.29, 1.82) is 0 Å². The van der Waals surface area contributed by atoms with Crippen LogP contribution in [0.15, 0.2) is 24.3 Å². The molecule has 2 fully saturated rings. The number of nitrogens with two attached hydrogens (primary N) is 1. The van der Waals surface area contributed by atoms with Crippen LogP contribution < -0.4 is 5.73 Å². The topological polar surface area (TPSA) is 46.2 Å². The minimum absolute atomic E-state index is 0.300. The van der Waals surface area contributed by atoms with Gasteiger partial charge in [-0.3, -0.25) is 0 Å². The summed E-state index contributed by atoms with van der Waals surface area (Å²) in [5.74, 6) is 0.822. The van der Waals surface area contributed by atoms with Crippen LogP contribution in [0.4, 0.5) is 4.39 Å². The highest BCUT2D eigenvalue weighted by atomic mass is 19.1. The van der Waals surface area contributed by atoms with Gasteiger partial charge in [-0.15, -0.1) is 0 Å². The van der Waals surface area contributed by atoms with Gasteiger partial charge in [-0.2, -0.15) is 0 Å². The largest absolute Gasteiger partial charge is 0.388 e. The Kier molecular flexibility index (Phi) is 2.91. The lowest BCUT2D eigenvalue weighted by atomic mass is 9.67. The second kappa shape index (κ2) is 4.32. The molecule has 3 heteroatoms. The molecule has 18 heavy (non-hydrogen) atoms. The van der Waals surface area contributed by atoms with Gasteiger partial charge in [-0.05, 0) is 37.2 Å². The molecule has 0 aliphatic heterocycles. The highest BCUT2D eigenvalue weighted by Gasteiger charge is 2.54. The van der Waals surface area contributed by atoms with Gasteiger partial charge in [-0.25, -0.2) is 4.39 Å². The van der Waals surface area contributed by atoms with Crippen molar-refractivity contribution in [3.05, 3.63) is 35.6 Å². The van der Waals surface area contributed by atoms with E-state index in [9.17, 15) is 9.50 Å². The third kappa shape index (κ3) is 1.61. The fourth-order valence-electron chi connectivity index (χ4n) is 4.19. The van der Waals surface area contributed by atoms with Gasteiger partial charge in [-0.1, -0.05) is 24.6 Å². The summed E-state index contributed by atoms with van der Waals surface area (Å²) >= 11 is 0. The van der Waals surface area contributed by atoms with Crippen molar-refractivity contribution in [2.24, 2.45) is 23.0 Å². The number of aliphatic hydroxyl groups is 1. The third-order valence-corrected chi connectivity index (χ3v) is 5.15. The van der Waals surface area contributed by atoms with E-state index in [0.29, 0.717) is 23.9 Å². The molecule has 0 spiro atoms. The number of hydrogen-bond donors (Lipinski definition) is 2. The molecule has 3 rings (SSSR count). The van der Waals surface area contributed by atoms with Crippen molar-refractivity contribution in [1.82, 2.24) is 0 Å². The first-order chi connectivity index (χ1) is 8.67. The van der Waals surface area contributed by atoms with Gasteiger partial charge in [0.15, 0.2) is 0 Å². The monoisotopic (exact) mass is 249 g/mol. The Morgan fingerprint density at radius 2 is 2.17 bits per heavy atom. The van der Waals surface area contributed by atoms with Crippen LogP contribution in [0.3, 0.4) is 0 Å². The van der Waals surface area contributed by atoms with Gasteiger partial charge >= 0.3 is 0 Å². The van der Waals surface area contributed by atoms with Crippen LogP contribution in [-0.4, -0.2) is 11.7 Å². The number of fused-ring (bicyclic) bond motifs is 2. The first kappa shape index (κ1) is 12.1. The number of hydrogen-bond acceptors (Lipinski definition) is 2. The van der Waals surface area contributed by atoms with Crippen molar-refractivity contribution in [2.45, 2.75) is 31.8 Å². The Hall–Kier alpha value is -0.930. The molecule has 3 N–H and O–H groups in total. The Bertz CT molecular complexity index is 450. The van der Waals surface area contributed by atoms with Gasteiger partial charge in [0, 0.05) is 17.5 Å². The molecule has 0 amide bonds. The smallest absolute Gasteiger partial charge is 0.129 e. The maximum atomic E-state index is 13.8. The lowest BCUT2D eigenvalue weighted by Crippen LogP contribution is -2.41. The summed E-state index contributed by atoms with van der Waals surface area (Å²) in [6.45, 7) is 0.448. The molecule has 98 valence electrons. The fourth-order valence-corrected chi connectivity index (χ4v) is 4.19. The van der Waals surface area contributed by atoms with Crippen molar-refractivity contribution in [3.8, 4) is 0 Å². The summed E-state index contributed by atoms with van der Waals surface area (Å²) in [6, 6.07) is 6.53. The van der Waals surface area contributed by atoms with E-state index in [2.05, 4.69) is 0 Å². The maximum Gasteiger partial charge on any atom is 0.129 e. The van der Waals surface area contributed by atoms with E-state index in [1.54, 1.807) is 18.2 Å². The van der Waals surface area contributed by atoms with Crippen LogP contribution in [-0.2, 0) is 0 Å². The van der Waals surface area contributed by atoms with E-state index in [1.165, 1.54) is 12.5 Å². The van der Waals surface area contributed by atoms with Crippen LogP contribution in [0.5, 0.6) is 0 Å². The van der Waals surface area contributed by atoms with E-state index >= 15 is 0 Å². The van der Waals surface area contributed by atoms with Crippen LogP contribution in [0.2, 0.25) is 0 Å². The summed E-state index contributed by atoms with van der Waals surface area (Å²) in [6.07, 6.45) is 3.72. The molecule has 0 aromatic heterocycles. The van der Waals surface area contributed by atoms with Crippen LogP contribution in [0.1, 0.15) is 37.4 Å². The molecule has 2 aliphatic rings. The Morgan fingerprint density at radius 3 is 2.72 bits per heavy atom. The molecule has 2 nitrogen and oxygen atoms in total. The molecular weight excluding hydrogens is 229 g/mol.